The second kappa shape index (κ2) is 4.60. The monoisotopic (exact) mass is 265 g/mol. The quantitative estimate of drug-likeness (QED) is 0.862. The third-order valence-corrected chi connectivity index (χ3v) is 4.73. The van der Waals surface area contributed by atoms with E-state index in [9.17, 15) is 0 Å². The first-order chi connectivity index (χ1) is 9.84. The summed E-state index contributed by atoms with van der Waals surface area (Å²) in [6.45, 7) is 2.31. The Morgan fingerprint density at radius 1 is 1.25 bits per heavy atom. The summed E-state index contributed by atoms with van der Waals surface area (Å²) in [5.74, 6) is 1.70. The lowest BCUT2D eigenvalue weighted by molar-refractivity contribution is 0.140. The van der Waals surface area contributed by atoms with E-state index in [1.807, 2.05) is 12.4 Å². The van der Waals surface area contributed by atoms with Crippen molar-refractivity contribution in [1.29, 1.82) is 0 Å². The van der Waals surface area contributed by atoms with Gasteiger partial charge in [0.1, 0.15) is 5.82 Å². The number of hydrogen-bond acceptors (Lipinski definition) is 2. The first kappa shape index (κ1) is 11.9. The van der Waals surface area contributed by atoms with E-state index in [0.717, 1.165) is 5.82 Å². The Hall–Kier alpha value is -1.87. The van der Waals surface area contributed by atoms with Crippen LogP contribution in [0.5, 0.6) is 0 Å². The van der Waals surface area contributed by atoms with Gasteiger partial charge in [0.2, 0.25) is 0 Å². The van der Waals surface area contributed by atoms with E-state index in [4.69, 9.17) is 0 Å². The van der Waals surface area contributed by atoms with E-state index in [2.05, 4.69) is 64.3 Å². The van der Waals surface area contributed by atoms with Crippen LogP contribution in [0.25, 0.3) is 0 Å². The number of imidazole rings is 1. The highest BCUT2D eigenvalue weighted by Crippen LogP contribution is 2.49. The molecular weight excluding hydrogens is 246 g/mol. The number of hydrogen-bond donors (Lipinski definition) is 1. The van der Waals surface area contributed by atoms with Crippen LogP contribution < -0.4 is 0 Å². The highest BCUT2D eigenvalue weighted by Gasteiger charge is 2.46. The Kier molecular flexibility index (Phi) is 2.74. The Labute approximate surface area is 119 Å². The van der Waals surface area contributed by atoms with E-state index in [0.29, 0.717) is 24.0 Å². The Balaban J connectivity index is 1.71. The fourth-order valence-corrected chi connectivity index (χ4v) is 3.80. The number of fused-ring (bicyclic) bond motifs is 2. The number of H-pyrrole nitrogens is 1. The molecule has 3 heteroatoms. The molecule has 0 radical (unpaired) electrons. The molecule has 102 valence electrons. The number of aromatic nitrogens is 2. The van der Waals surface area contributed by atoms with Crippen LogP contribution in [0.3, 0.4) is 0 Å². The molecule has 0 amide bonds. The van der Waals surface area contributed by atoms with Crippen molar-refractivity contribution in [3.8, 4) is 0 Å². The normalized spacial score (nSPS) is 29.9. The van der Waals surface area contributed by atoms with Crippen LogP contribution in [0, 0.1) is 5.92 Å². The second-order valence-corrected chi connectivity index (χ2v) is 5.80. The lowest BCUT2D eigenvalue weighted by Gasteiger charge is -2.36. The highest BCUT2D eigenvalue weighted by atomic mass is 15.3. The van der Waals surface area contributed by atoms with Crippen molar-refractivity contribution in [2.24, 2.45) is 5.92 Å². The maximum Gasteiger partial charge on any atom is 0.124 e. The SMILES string of the molecule is C[C@@H](c1ccccc1)N1[C@H]2C=C[C@H](C2)[C@@H]1c1ncc[nH]1. The zero-order valence-corrected chi connectivity index (χ0v) is 11.6. The number of benzene rings is 1. The molecule has 1 N–H and O–H groups in total. The molecule has 2 heterocycles. The zero-order chi connectivity index (χ0) is 13.5. The number of likely N-dealkylation sites (tertiary alicyclic amines) is 1. The predicted octanol–water partition coefficient (Wildman–Crippen LogP) is 3.47. The Morgan fingerprint density at radius 3 is 2.85 bits per heavy atom. The minimum absolute atomic E-state index is 0.384. The molecule has 1 saturated heterocycles. The van der Waals surface area contributed by atoms with Crippen LogP contribution in [0.4, 0.5) is 0 Å². The van der Waals surface area contributed by atoms with Gasteiger partial charge >= 0.3 is 0 Å². The average molecular weight is 265 g/mol. The van der Waals surface area contributed by atoms with Gasteiger partial charge < -0.3 is 4.98 Å². The van der Waals surface area contributed by atoms with Gasteiger partial charge in [-0.3, -0.25) is 4.90 Å². The van der Waals surface area contributed by atoms with Crippen LogP contribution in [0.15, 0.2) is 54.9 Å². The van der Waals surface area contributed by atoms with Gasteiger partial charge in [0.05, 0.1) is 6.04 Å². The first-order valence-electron chi connectivity index (χ1n) is 7.34. The molecule has 0 spiro atoms. The molecule has 1 aromatic heterocycles. The number of nitrogens with zero attached hydrogens (tertiary/aromatic N) is 2. The van der Waals surface area contributed by atoms with Gasteiger partial charge in [-0.05, 0) is 18.9 Å². The van der Waals surface area contributed by atoms with Gasteiger partial charge in [0, 0.05) is 30.4 Å². The largest absolute Gasteiger partial charge is 0.347 e. The predicted molar refractivity (Wildman–Crippen MR) is 79.1 cm³/mol. The number of nitrogens with one attached hydrogen (secondary N) is 1. The average Bonchev–Trinajstić information content (AvgIpc) is 3.22. The maximum atomic E-state index is 4.51. The minimum Gasteiger partial charge on any atom is -0.347 e. The summed E-state index contributed by atoms with van der Waals surface area (Å²) in [6.07, 6.45) is 9.74. The fraction of sp³-hybridized carbons (Fsp3) is 0.353. The first-order valence-corrected chi connectivity index (χ1v) is 7.34. The Morgan fingerprint density at radius 2 is 2.10 bits per heavy atom. The van der Waals surface area contributed by atoms with Crippen molar-refractivity contribution in [3.63, 3.8) is 0 Å². The third-order valence-electron chi connectivity index (χ3n) is 4.73. The summed E-state index contributed by atoms with van der Waals surface area (Å²) in [4.78, 5) is 10.4. The van der Waals surface area contributed by atoms with Crippen LogP contribution in [0.2, 0.25) is 0 Å². The van der Waals surface area contributed by atoms with E-state index >= 15 is 0 Å². The smallest absolute Gasteiger partial charge is 0.124 e. The minimum atomic E-state index is 0.384. The van der Waals surface area contributed by atoms with E-state index in [1.165, 1.54) is 12.0 Å². The molecule has 1 aliphatic heterocycles. The molecular formula is C17H19N3. The summed E-state index contributed by atoms with van der Waals surface area (Å²) in [7, 11) is 0. The third kappa shape index (κ3) is 1.74. The fourth-order valence-electron chi connectivity index (χ4n) is 3.80. The standard InChI is InChI=1S/C17H19N3/c1-12(13-5-3-2-4-6-13)20-15-8-7-14(11-15)16(20)17-18-9-10-19-17/h2-10,12,14-16H,11H2,1H3,(H,18,19)/t12-,14+,15-,16+/m0/s1. The number of rotatable bonds is 3. The summed E-state index contributed by atoms with van der Waals surface area (Å²) < 4.78 is 0. The molecule has 1 aromatic carbocycles. The van der Waals surface area contributed by atoms with E-state index < -0.39 is 0 Å². The van der Waals surface area contributed by atoms with E-state index in [-0.39, 0.29) is 0 Å². The molecule has 20 heavy (non-hydrogen) atoms. The topological polar surface area (TPSA) is 31.9 Å². The molecule has 0 saturated carbocycles. The van der Waals surface area contributed by atoms with Gasteiger partial charge in [-0.25, -0.2) is 4.98 Å². The van der Waals surface area contributed by atoms with Crippen molar-refractivity contribution in [2.45, 2.75) is 31.5 Å². The molecule has 2 bridgehead atoms. The molecule has 2 aliphatic rings. The molecule has 4 atom stereocenters. The summed E-state index contributed by atoms with van der Waals surface area (Å²) in [5, 5.41) is 0. The summed E-state index contributed by atoms with van der Waals surface area (Å²) in [6, 6.07) is 12.1. The summed E-state index contributed by atoms with van der Waals surface area (Å²) in [5.41, 5.74) is 1.38. The van der Waals surface area contributed by atoms with Crippen molar-refractivity contribution >= 4 is 0 Å². The second-order valence-electron chi connectivity index (χ2n) is 5.80. The van der Waals surface area contributed by atoms with Crippen molar-refractivity contribution in [2.75, 3.05) is 0 Å². The van der Waals surface area contributed by atoms with Gasteiger partial charge in [-0.2, -0.15) is 0 Å². The number of aromatic amines is 1. The van der Waals surface area contributed by atoms with Crippen LogP contribution in [-0.2, 0) is 0 Å². The zero-order valence-electron chi connectivity index (χ0n) is 11.6. The van der Waals surface area contributed by atoms with Gasteiger partial charge in [0.15, 0.2) is 0 Å². The molecule has 0 unspecified atom stereocenters. The molecule has 4 rings (SSSR count). The van der Waals surface area contributed by atoms with Crippen LogP contribution >= 0.6 is 0 Å². The van der Waals surface area contributed by atoms with Gasteiger partial charge in [0.25, 0.3) is 0 Å². The Bertz CT molecular complexity index is 602. The molecule has 1 aliphatic carbocycles. The molecule has 1 fully saturated rings. The van der Waals surface area contributed by atoms with Gasteiger partial charge in [-0.1, -0.05) is 42.5 Å². The van der Waals surface area contributed by atoms with Crippen LogP contribution in [-0.4, -0.2) is 20.9 Å². The lowest BCUT2D eigenvalue weighted by Crippen LogP contribution is -2.35. The van der Waals surface area contributed by atoms with Crippen molar-refractivity contribution < 1.29 is 0 Å². The maximum absolute atomic E-state index is 4.51. The lowest BCUT2D eigenvalue weighted by atomic mass is 9.98. The summed E-state index contributed by atoms with van der Waals surface area (Å²) >= 11 is 0. The van der Waals surface area contributed by atoms with Crippen molar-refractivity contribution in [1.82, 2.24) is 14.9 Å². The van der Waals surface area contributed by atoms with Crippen molar-refractivity contribution in [3.05, 3.63) is 66.3 Å². The van der Waals surface area contributed by atoms with Gasteiger partial charge in [-0.15, -0.1) is 0 Å². The molecule has 2 aromatic rings. The van der Waals surface area contributed by atoms with E-state index in [1.54, 1.807) is 0 Å². The highest BCUT2D eigenvalue weighted by molar-refractivity contribution is 5.26. The van der Waals surface area contributed by atoms with Crippen LogP contribution in [0.1, 0.15) is 36.8 Å². The molecule has 3 nitrogen and oxygen atoms in total.